The summed E-state index contributed by atoms with van der Waals surface area (Å²) < 4.78 is 12.7. The Kier molecular flexibility index (Phi) is 7.96. The number of nitrogens with zero attached hydrogens (tertiary/aromatic N) is 3. The van der Waals surface area contributed by atoms with E-state index in [0.29, 0.717) is 37.8 Å². The zero-order chi connectivity index (χ0) is 22.4. The predicted molar refractivity (Wildman–Crippen MR) is 119 cm³/mol. The highest BCUT2D eigenvalue weighted by Gasteiger charge is 2.29. The van der Waals surface area contributed by atoms with Crippen molar-refractivity contribution in [3.05, 3.63) is 47.2 Å². The van der Waals surface area contributed by atoms with E-state index in [-0.39, 0.29) is 18.3 Å². The minimum absolute atomic E-state index is 0.0222. The SMILES string of the molecule is CCOC(=O)CCN(C[C@@H]1CCCN1CC)C(=O)c1cc(C)n(Cc2ccco2)c1C. The Balaban J connectivity index is 1.80. The Morgan fingerprint density at radius 1 is 1.29 bits per heavy atom. The Labute approximate surface area is 184 Å². The first-order chi connectivity index (χ1) is 14.9. The van der Waals surface area contributed by atoms with E-state index in [1.807, 2.05) is 36.9 Å². The molecule has 1 saturated heterocycles. The van der Waals surface area contributed by atoms with Gasteiger partial charge in [-0.25, -0.2) is 0 Å². The van der Waals surface area contributed by atoms with Crippen LogP contribution >= 0.6 is 0 Å². The molecule has 2 aromatic heterocycles. The number of likely N-dealkylation sites (N-methyl/N-ethyl adjacent to an activating group) is 1. The van der Waals surface area contributed by atoms with Crippen LogP contribution in [0.4, 0.5) is 0 Å². The number of furan rings is 1. The molecule has 1 atom stereocenters. The van der Waals surface area contributed by atoms with Gasteiger partial charge in [0.05, 0.1) is 31.4 Å². The molecular formula is C24H35N3O4. The first kappa shape index (κ1) is 23.1. The molecule has 0 aromatic carbocycles. The molecule has 3 rings (SSSR count). The smallest absolute Gasteiger partial charge is 0.307 e. The summed E-state index contributed by atoms with van der Waals surface area (Å²) in [5.74, 6) is 0.568. The first-order valence-corrected chi connectivity index (χ1v) is 11.3. The van der Waals surface area contributed by atoms with Gasteiger partial charge in [0.2, 0.25) is 0 Å². The van der Waals surface area contributed by atoms with Crippen molar-refractivity contribution in [1.82, 2.24) is 14.4 Å². The molecule has 170 valence electrons. The highest BCUT2D eigenvalue weighted by Crippen LogP contribution is 2.22. The van der Waals surface area contributed by atoms with Crippen molar-refractivity contribution in [1.29, 1.82) is 0 Å². The van der Waals surface area contributed by atoms with Gasteiger partial charge >= 0.3 is 5.97 Å². The maximum atomic E-state index is 13.6. The van der Waals surface area contributed by atoms with Gasteiger partial charge in [0.1, 0.15) is 5.76 Å². The number of hydrogen-bond donors (Lipinski definition) is 0. The summed E-state index contributed by atoms with van der Waals surface area (Å²) in [7, 11) is 0. The van der Waals surface area contributed by atoms with E-state index in [1.165, 1.54) is 0 Å². The number of esters is 1. The van der Waals surface area contributed by atoms with Gasteiger partial charge in [0, 0.05) is 30.5 Å². The molecule has 3 heterocycles. The van der Waals surface area contributed by atoms with Gasteiger partial charge in [-0.1, -0.05) is 6.92 Å². The van der Waals surface area contributed by atoms with Crippen LogP contribution in [0.2, 0.25) is 0 Å². The number of aromatic nitrogens is 1. The molecule has 0 unspecified atom stereocenters. The van der Waals surface area contributed by atoms with Crippen LogP contribution in [0.3, 0.4) is 0 Å². The van der Waals surface area contributed by atoms with Crippen LogP contribution < -0.4 is 0 Å². The highest BCUT2D eigenvalue weighted by molar-refractivity contribution is 5.96. The molecule has 1 fully saturated rings. The number of amides is 1. The zero-order valence-corrected chi connectivity index (χ0v) is 19.2. The van der Waals surface area contributed by atoms with Crippen molar-refractivity contribution in [3.63, 3.8) is 0 Å². The summed E-state index contributed by atoms with van der Waals surface area (Å²) in [6.07, 6.45) is 4.10. The average Bonchev–Trinajstić information content (AvgIpc) is 3.48. The monoisotopic (exact) mass is 429 g/mol. The van der Waals surface area contributed by atoms with Crippen molar-refractivity contribution in [2.75, 3.05) is 32.8 Å². The van der Waals surface area contributed by atoms with Gasteiger partial charge in [0.25, 0.3) is 5.91 Å². The molecule has 0 N–H and O–H groups in total. The number of ether oxygens (including phenoxy) is 1. The Morgan fingerprint density at radius 2 is 2.10 bits per heavy atom. The van der Waals surface area contributed by atoms with Crippen LogP contribution in [0.1, 0.15) is 60.6 Å². The molecule has 0 bridgehead atoms. The Morgan fingerprint density at radius 3 is 2.77 bits per heavy atom. The normalized spacial score (nSPS) is 16.6. The molecule has 7 heteroatoms. The van der Waals surface area contributed by atoms with E-state index in [1.54, 1.807) is 13.2 Å². The van der Waals surface area contributed by atoms with E-state index >= 15 is 0 Å². The van der Waals surface area contributed by atoms with Gasteiger partial charge in [-0.15, -0.1) is 0 Å². The Bertz CT molecular complexity index is 872. The third-order valence-electron chi connectivity index (χ3n) is 6.21. The molecule has 1 aliphatic rings. The first-order valence-electron chi connectivity index (χ1n) is 11.3. The van der Waals surface area contributed by atoms with Crippen LogP contribution in [0.5, 0.6) is 0 Å². The highest BCUT2D eigenvalue weighted by atomic mass is 16.5. The summed E-state index contributed by atoms with van der Waals surface area (Å²) in [5, 5.41) is 0. The molecule has 31 heavy (non-hydrogen) atoms. The topological polar surface area (TPSA) is 67.9 Å². The molecule has 0 spiro atoms. The van der Waals surface area contributed by atoms with Crippen molar-refractivity contribution in [2.45, 2.75) is 59.5 Å². The maximum Gasteiger partial charge on any atom is 0.307 e. The molecule has 1 aliphatic heterocycles. The molecule has 0 saturated carbocycles. The average molecular weight is 430 g/mol. The van der Waals surface area contributed by atoms with Crippen molar-refractivity contribution in [3.8, 4) is 0 Å². The van der Waals surface area contributed by atoms with Crippen LogP contribution in [0, 0.1) is 13.8 Å². The van der Waals surface area contributed by atoms with Gasteiger partial charge in [-0.05, 0) is 64.9 Å². The lowest BCUT2D eigenvalue weighted by molar-refractivity contribution is -0.143. The quantitative estimate of drug-likeness (QED) is 0.540. The van der Waals surface area contributed by atoms with Crippen LogP contribution in [-0.2, 0) is 16.1 Å². The summed E-state index contributed by atoms with van der Waals surface area (Å²) >= 11 is 0. The summed E-state index contributed by atoms with van der Waals surface area (Å²) in [6, 6.07) is 6.09. The molecule has 0 aliphatic carbocycles. The van der Waals surface area contributed by atoms with Crippen LogP contribution in [-0.4, -0.2) is 65.1 Å². The third kappa shape index (κ3) is 5.58. The van der Waals surface area contributed by atoms with E-state index in [9.17, 15) is 9.59 Å². The number of likely N-dealkylation sites (tertiary alicyclic amines) is 1. The maximum absolute atomic E-state index is 13.6. The molecule has 2 aromatic rings. The number of carbonyl (C=O) groups excluding carboxylic acids is 2. The second-order valence-electron chi connectivity index (χ2n) is 8.18. The standard InChI is InChI=1S/C24H35N3O4/c1-5-25-12-7-9-20(25)16-26(13-11-23(28)30-6-2)24(29)22-15-18(3)27(19(22)4)17-21-10-8-14-31-21/h8,10,14-15,20H,5-7,9,11-13,16-17H2,1-4H3/t20-/m0/s1. The Hall–Kier alpha value is -2.54. The zero-order valence-electron chi connectivity index (χ0n) is 19.2. The fraction of sp³-hybridized carbons (Fsp3) is 0.583. The minimum atomic E-state index is -0.262. The lowest BCUT2D eigenvalue weighted by Crippen LogP contribution is -2.44. The second-order valence-corrected chi connectivity index (χ2v) is 8.18. The van der Waals surface area contributed by atoms with Gasteiger partial charge in [0.15, 0.2) is 0 Å². The van der Waals surface area contributed by atoms with Gasteiger partial charge in [-0.2, -0.15) is 0 Å². The van der Waals surface area contributed by atoms with Crippen LogP contribution in [0.25, 0.3) is 0 Å². The number of aryl methyl sites for hydroxylation is 1. The van der Waals surface area contributed by atoms with Crippen molar-refractivity contribution in [2.24, 2.45) is 0 Å². The fourth-order valence-corrected chi connectivity index (χ4v) is 4.50. The van der Waals surface area contributed by atoms with Crippen molar-refractivity contribution < 1.29 is 18.7 Å². The van der Waals surface area contributed by atoms with E-state index in [2.05, 4.69) is 16.4 Å². The summed E-state index contributed by atoms with van der Waals surface area (Å²) in [6.45, 7) is 11.9. The number of hydrogen-bond acceptors (Lipinski definition) is 5. The van der Waals surface area contributed by atoms with Gasteiger partial charge in [-0.3, -0.25) is 14.5 Å². The summed E-state index contributed by atoms with van der Waals surface area (Å²) in [5.41, 5.74) is 2.62. The van der Waals surface area contributed by atoms with E-state index in [4.69, 9.17) is 9.15 Å². The van der Waals surface area contributed by atoms with Crippen molar-refractivity contribution >= 4 is 11.9 Å². The van der Waals surface area contributed by atoms with Gasteiger partial charge < -0.3 is 18.6 Å². The van der Waals surface area contributed by atoms with Crippen LogP contribution in [0.15, 0.2) is 28.9 Å². The summed E-state index contributed by atoms with van der Waals surface area (Å²) in [4.78, 5) is 29.9. The number of carbonyl (C=O) groups is 2. The van der Waals surface area contributed by atoms with E-state index < -0.39 is 0 Å². The predicted octanol–water partition coefficient (Wildman–Crippen LogP) is 3.63. The third-order valence-corrected chi connectivity index (χ3v) is 6.21. The molecule has 7 nitrogen and oxygen atoms in total. The fourth-order valence-electron chi connectivity index (χ4n) is 4.50. The largest absolute Gasteiger partial charge is 0.467 e. The minimum Gasteiger partial charge on any atom is -0.467 e. The second kappa shape index (κ2) is 10.7. The molecule has 0 radical (unpaired) electrons. The molecule has 1 amide bonds. The lowest BCUT2D eigenvalue weighted by atomic mass is 10.1. The number of rotatable bonds is 10. The lowest BCUT2D eigenvalue weighted by Gasteiger charge is -2.30. The van der Waals surface area contributed by atoms with E-state index in [0.717, 1.165) is 43.1 Å². The molecular weight excluding hydrogens is 394 g/mol.